The van der Waals surface area contributed by atoms with E-state index >= 15 is 0 Å². The van der Waals surface area contributed by atoms with E-state index in [-0.39, 0.29) is 35.6 Å². The summed E-state index contributed by atoms with van der Waals surface area (Å²) >= 11 is 6.28. The number of fused-ring (bicyclic) bond motifs is 3. The number of hydrogen-bond acceptors (Lipinski definition) is 14. The van der Waals surface area contributed by atoms with Crippen LogP contribution in [0.15, 0.2) is 83.4 Å². The molecule has 0 bridgehead atoms. The number of nitro groups is 1. The van der Waals surface area contributed by atoms with E-state index in [2.05, 4.69) is 50.8 Å². The van der Waals surface area contributed by atoms with Crippen molar-refractivity contribution in [2.24, 2.45) is 5.41 Å². The molecule has 10 rings (SSSR count). The third-order valence-electron chi connectivity index (χ3n) is 13.4. The summed E-state index contributed by atoms with van der Waals surface area (Å²) in [6.07, 6.45) is 5.14. The number of anilines is 4. The summed E-state index contributed by atoms with van der Waals surface area (Å²) in [5.41, 5.74) is 6.51. The van der Waals surface area contributed by atoms with Crippen molar-refractivity contribution in [3.05, 3.63) is 105 Å². The van der Waals surface area contributed by atoms with Gasteiger partial charge in [-0.25, -0.2) is 13.1 Å². The summed E-state index contributed by atoms with van der Waals surface area (Å²) in [5.74, 6) is -0.571. The van der Waals surface area contributed by atoms with Crippen molar-refractivity contribution in [1.29, 1.82) is 0 Å². The Balaban J connectivity index is 0.936. The minimum absolute atomic E-state index is 0.0180. The highest BCUT2D eigenvalue weighted by Crippen LogP contribution is 2.45. The molecule has 6 heterocycles. The number of aromatic nitrogens is 2. The first kappa shape index (κ1) is 44.9. The molecule has 1 amide bonds. The number of nitro benzene ring substituents is 1. The van der Waals surface area contributed by atoms with Crippen LogP contribution in [0, 0.1) is 15.5 Å². The van der Waals surface area contributed by atoms with E-state index in [0.29, 0.717) is 55.7 Å². The zero-order valence-corrected chi connectivity index (χ0v) is 39.0. The summed E-state index contributed by atoms with van der Waals surface area (Å²) < 4.78 is 53.8. The summed E-state index contributed by atoms with van der Waals surface area (Å²) in [5, 5.41) is 17.1. The number of piperazine rings is 1. The van der Waals surface area contributed by atoms with Crippen LogP contribution in [-0.2, 0) is 19.5 Å². The van der Waals surface area contributed by atoms with Gasteiger partial charge in [0, 0.05) is 73.7 Å². The molecule has 0 saturated carbocycles. The van der Waals surface area contributed by atoms with Gasteiger partial charge in [0.1, 0.15) is 24.0 Å². The van der Waals surface area contributed by atoms with E-state index in [4.69, 9.17) is 35.5 Å². The van der Waals surface area contributed by atoms with Crippen LogP contribution in [0.4, 0.5) is 28.4 Å². The maximum absolute atomic E-state index is 14.5. The van der Waals surface area contributed by atoms with Gasteiger partial charge in [-0.15, -0.1) is 0 Å². The van der Waals surface area contributed by atoms with E-state index in [1.54, 1.807) is 12.3 Å². The molecule has 3 aromatic carbocycles. The Bertz CT molecular complexity index is 2860. The number of aromatic amines is 1. The van der Waals surface area contributed by atoms with E-state index in [9.17, 15) is 23.3 Å². The van der Waals surface area contributed by atoms with Gasteiger partial charge in [0.05, 0.1) is 53.5 Å². The predicted molar refractivity (Wildman–Crippen MR) is 256 cm³/mol. The predicted octanol–water partition coefficient (Wildman–Crippen LogP) is 7.54. The highest BCUT2D eigenvalue weighted by Gasteiger charge is 2.37. The lowest BCUT2D eigenvalue weighted by Crippen LogP contribution is -2.47. The molecule has 2 saturated heterocycles. The van der Waals surface area contributed by atoms with Crippen molar-refractivity contribution in [3.63, 3.8) is 0 Å². The summed E-state index contributed by atoms with van der Waals surface area (Å²) in [4.78, 5) is 40.3. The second-order valence-corrected chi connectivity index (χ2v) is 20.6. The van der Waals surface area contributed by atoms with Crippen LogP contribution in [-0.4, -0.2) is 119 Å². The standard InChI is InChI=1S/C48H53ClN8O9S/c1-48(2)12-10-32(37(26-48)30-4-6-33(49)7-5-30)27-54-15-17-55(18-16-54)34-8-9-36(39(23-34)56-14-3-19-65-47-41(56)22-31-11-13-50-45(31)52-47)46(58)53-67(61,62)35-24-40(57(59)60)44-42(25-35)66-28-38(51-44)43-29-63-20-21-64-43/h4-9,11,13,22-25,38,43,51H,3,10,12,14-21,26-29H2,1-2H3,(H,50,52)(H,53,58)/t38-,43-/m0/s1. The Morgan fingerprint density at radius 3 is 2.57 bits per heavy atom. The second kappa shape index (κ2) is 18.3. The van der Waals surface area contributed by atoms with Gasteiger partial charge in [-0.3, -0.25) is 19.8 Å². The molecule has 2 atom stereocenters. The number of carbonyl (C=O) groups excluding carboxylic acids is 1. The number of carbonyl (C=O) groups is 1. The lowest BCUT2D eigenvalue weighted by atomic mass is 9.72. The number of nitrogens with zero attached hydrogens (tertiary/aromatic N) is 5. The number of allylic oxidation sites excluding steroid dienone is 1. The molecule has 17 nitrogen and oxygen atoms in total. The molecule has 0 spiro atoms. The number of ether oxygens (including phenoxy) is 4. The topological polar surface area (TPSA) is 194 Å². The van der Waals surface area contributed by atoms with E-state index < -0.39 is 43.6 Å². The Labute approximate surface area is 393 Å². The number of amides is 1. The summed E-state index contributed by atoms with van der Waals surface area (Å²) in [6, 6.07) is 19.1. The quantitative estimate of drug-likeness (QED) is 0.0918. The van der Waals surface area contributed by atoms with Gasteiger partial charge in [-0.05, 0) is 84.7 Å². The van der Waals surface area contributed by atoms with Crippen LogP contribution in [0.25, 0.3) is 16.6 Å². The first-order valence-corrected chi connectivity index (χ1v) is 24.6. The third-order valence-corrected chi connectivity index (χ3v) is 15.0. The van der Waals surface area contributed by atoms with Gasteiger partial charge in [-0.1, -0.05) is 43.2 Å². The van der Waals surface area contributed by atoms with Crippen molar-refractivity contribution < 1.29 is 37.1 Å². The zero-order chi connectivity index (χ0) is 46.5. The lowest BCUT2D eigenvalue weighted by molar-refractivity contribution is -0.384. The Hall–Kier alpha value is -5.92. The molecular formula is C48H53ClN8O9S. The number of rotatable bonds is 10. The van der Waals surface area contributed by atoms with Gasteiger partial charge in [0.2, 0.25) is 5.88 Å². The van der Waals surface area contributed by atoms with Crippen molar-refractivity contribution in [1.82, 2.24) is 19.6 Å². The minimum atomic E-state index is -4.69. The number of hydrogen-bond donors (Lipinski definition) is 3. The van der Waals surface area contributed by atoms with Crippen LogP contribution in [0.3, 0.4) is 0 Å². The first-order chi connectivity index (χ1) is 32.3. The number of sulfonamides is 1. The molecule has 67 heavy (non-hydrogen) atoms. The monoisotopic (exact) mass is 952 g/mol. The normalized spacial score (nSPS) is 21.1. The highest BCUT2D eigenvalue weighted by atomic mass is 35.5. The molecule has 1 aliphatic carbocycles. The highest BCUT2D eigenvalue weighted by molar-refractivity contribution is 7.90. The average Bonchev–Trinajstić information content (AvgIpc) is 3.69. The lowest BCUT2D eigenvalue weighted by Gasteiger charge is -2.39. The molecular weight excluding hydrogens is 900 g/mol. The molecule has 19 heteroatoms. The summed E-state index contributed by atoms with van der Waals surface area (Å²) in [7, 11) is -4.69. The first-order valence-electron chi connectivity index (χ1n) is 22.7. The molecule has 5 aliphatic rings. The fraction of sp³-hybridized carbons (Fsp3) is 0.417. The van der Waals surface area contributed by atoms with Gasteiger partial charge < -0.3 is 39.0 Å². The van der Waals surface area contributed by atoms with Gasteiger partial charge >= 0.3 is 0 Å². The smallest absolute Gasteiger partial charge is 0.297 e. The maximum Gasteiger partial charge on any atom is 0.297 e. The van der Waals surface area contributed by atoms with Crippen molar-refractivity contribution >= 4 is 72.6 Å². The van der Waals surface area contributed by atoms with Crippen LogP contribution in [0.2, 0.25) is 5.02 Å². The Morgan fingerprint density at radius 1 is 0.970 bits per heavy atom. The Morgan fingerprint density at radius 2 is 1.79 bits per heavy atom. The number of H-pyrrole nitrogens is 1. The van der Waals surface area contributed by atoms with E-state index in [1.165, 1.54) is 22.8 Å². The van der Waals surface area contributed by atoms with E-state index in [0.717, 1.165) is 74.1 Å². The average molecular weight is 954 g/mol. The van der Waals surface area contributed by atoms with Crippen LogP contribution < -0.4 is 29.3 Å². The van der Waals surface area contributed by atoms with Crippen molar-refractivity contribution in [2.45, 2.75) is 56.6 Å². The Kier molecular flexibility index (Phi) is 12.3. The SMILES string of the molecule is CC1(C)CCC(CN2CCN(c3ccc(C(=O)NS(=O)(=O)c4cc5c(c([N+](=O)[O-])c4)N[C@H]([C@@H]4COCCO4)CO5)c(N4CCCOc5nc6[nH]ccc6cc54)c3)CC2)=C(c2ccc(Cl)cc2)C1. The minimum Gasteiger partial charge on any atom is -0.489 e. The van der Waals surface area contributed by atoms with Crippen LogP contribution in [0.5, 0.6) is 11.6 Å². The third kappa shape index (κ3) is 9.37. The van der Waals surface area contributed by atoms with Gasteiger partial charge in [0.25, 0.3) is 21.6 Å². The number of pyridine rings is 1. The maximum atomic E-state index is 14.5. The number of nitrogens with one attached hydrogen (secondary N) is 3. The fourth-order valence-electron chi connectivity index (χ4n) is 9.76. The van der Waals surface area contributed by atoms with Gasteiger partial charge in [-0.2, -0.15) is 4.98 Å². The zero-order valence-electron chi connectivity index (χ0n) is 37.4. The fourth-order valence-corrected chi connectivity index (χ4v) is 10.9. The van der Waals surface area contributed by atoms with Crippen LogP contribution in [0.1, 0.15) is 55.5 Å². The summed E-state index contributed by atoms with van der Waals surface area (Å²) in [6.45, 7) is 10.6. The number of benzene rings is 3. The van der Waals surface area contributed by atoms with Crippen molar-refractivity contribution in [2.75, 3.05) is 87.4 Å². The van der Waals surface area contributed by atoms with Crippen LogP contribution >= 0.6 is 11.6 Å². The second-order valence-electron chi connectivity index (χ2n) is 18.5. The van der Waals surface area contributed by atoms with Crippen molar-refractivity contribution in [3.8, 4) is 11.6 Å². The largest absolute Gasteiger partial charge is 0.489 e. The molecule has 5 aromatic rings. The van der Waals surface area contributed by atoms with E-state index in [1.807, 2.05) is 41.3 Å². The molecule has 2 fully saturated rings. The van der Waals surface area contributed by atoms with Gasteiger partial charge in [0.15, 0.2) is 11.4 Å². The number of halogens is 1. The molecule has 0 radical (unpaired) electrons. The molecule has 4 aliphatic heterocycles. The molecule has 2 aromatic heterocycles. The molecule has 352 valence electrons. The molecule has 3 N–H and O–H groups in total. The molecule has 0 unspecified atom stereocenters.